The van der Waals surface area contributed by atoms with Crippen LogP contribution in [0.25, 0.3) is 0 Å². The Kier molecular flexibility index (Phi) is 4.64. The minimum absolute atomic E-state index is 0.167. The van der Waals surface area contributed by atoms with Gasteiger partial charge in [-0.1, -0.05) is 16.8 Å². The highest BCUT2D eigenvalue weighted by atomic mass is 35.5. The number of halogens is 4. The Morgan fingerprint density at radius 3 is 2.21 bits per heavy atom. The Balaban J connectivity index is 2.88. The quantitative estimate of drug-likeness (QED) is 0.486. The Morgan fingerprint density at radius 2 is 1.79 bits per heavy atom. The van der Waals surface area contributed by atoms with Gasteiger partial charge in [-0.05, 0) is 24.3 Å². The molecule has 0 radical (unpaired) electrons. The van der Waals surface area contributed by atoms with Crippen LogP contribution in [0.1, 0.15) is 5.56 Å². The van der Waals surface area contributed by atoms with E-state index in [0.29, 0.717) is 5.75 Å². The number of methoxy groups -OCH3 is 1. The standard InChI is InChI=1S/C9H7ClF3NO4S/c1-17-7-4-2-6(3-5-7)8(10)14-18-19(15,16)9(11,12)13/h2-5H,1H3/b14-8-. The summed E-state index contributed by atoms with van der Waals surface area (Å²) in [7, 11) is -4.39. The summed E-state index contributed by atoms with van der Waals surface area (Å²) in [6.45, 7) is 0. The molecule has 106 valence electrons. The molecule has 0 aromatic heterocycles. The third kappa shape index (κ3) is 4.00. The summed E-state index contributed by atoms with van der Waals surface area (Å²) in [6, 6.07) is 5.67. The highest BCUT2D eigenvalue weighted by Crippen LogP contribution is 2.25. The predicted molar refractivity (Wildman–Crippen MR) is 61.4 cm³/mol. The maximum atomic E-state index is 11.9. The van der Waals surface area contributed by atoms with E-state index in [1.165, 1.54) is 31.4 Å². The molecule has 0 saturated heterocycles. The number of nitrogens with zero attached hydrogens (tertiary/aromatic N) is 1. The third-order valence-corrected chi connectivity index (χ3v) is 2.95. The molecule has 0 N–H and O–H groups in total. The molecule has 0 aliphatic carbocycles. The van der Waals surface area contributed by atoms with Crippen molar-refractivity contribution in [2.24, 2.45) is 5.16 Å². The van der Waals surface area contributed by atoms with Crippen molar-refractivity contribution in [2.45, 2.75) is 5.51 Å². The van der Waals surface area contributed by atoms with Crippen LogP contribution in [0.3, 0.4) is 0 Å². The van der Waals surface area contributed by atoms with Crippen molar-refractivity contribution in [2.75, 3.05) is 7.11 Å². The third-order valence-electron chi connectivity index (χ3n) is 1.83. The van der Waals surface area contributed by atoms with Gasteiger partial charge in [0.2, 0.25) is 0 Å². The Hall–Kier alpha value is -1.48. The second-order valence-electron chi connectivity index (χ2n) is 3.08. The lowest BCUT2D eigenvalue weighted by molar-refractivity contribution is -0.0540. The number of benzene rings is 1. The largest absolute Gasteiger partial charge is 0.536 e. The van der Waals surface area contributed by atoms with Crippen molar-refractivity contribution in [1.82, 2.24) is 0 Å². The molecule has 0 amide bonds. The fraction of sp³-hybridized carbons (Fsp3) is 0.222. The summed E-state index contributed by atoms with van der Waals surface area (Å²) in [4.78, 5) is 0. The normalized spacial score (nSPS) is 13.2. The van der Waals surface area contributed by atoms with Gasteiger partial charge in [-0.3, -0.25) is 4.28 Å². The van der Waals surface area contributed by atoms with Gasteiger partial charge in [-0.2, -0.15) is 21.6 Å². The topological polar surface area (TPSA) is 65.0 Å². The summed E-state index contributed by atoms with van der Waals surface area (Å²) in [5.41, 5.74) is -5.40. The molecule has 0 saturated carbocycles. The van der Waals surface area contributed by atoms with Crippen LogP contribution in [0, 0.1) is 0 Å². The van der Waals surface area contributed by atoms with Crippen molar-refractivity contribution >= 4 is 26.9 Å². The summed E-state index contributed by atoms with van der Waals surface area (Å²) >= 11 is 5.51. The van der Waals surface area contributed by atoms with Crippen LogP contribution < -0.4 is 4.74 Å². The van der Waals surface area contributed by atoms with Crippen molar-refractivity contribution < 1.29 is 30.6 Å². The van der Waals surface area contributed by atoms with E-state index in [1.807, 2.05) is 0 Å². The number of oxime groups is 1. The number of hydrogen-bond acceptors (Lipinski definition) is 5. The average molecular weight is 318 g/mol. The lowest BCUT2D eigenvalue weighted by Gasteiger charge is -2.05. The van der Waals surface area contributed by atoms with Crippen LogP contribution >= 0.6 is 11.6 Å². The molecular formula is C9H7ClF3NO4S. The first-order valence-electron chi connectivity index (χ1n) is 4.55. The minimum Gasteiger partial charge on any atom is -0.497 e. The highest BCUT2D eigenvalue weighted by molar-refractivity contribution is 7.87. The first-order valence-corrected chi connectivity index (χ1v) is 6.34. The van der Waals surface area contributed by atoms with Gasteiger partial charge in [0.15, 0.2) is 5.17 Å². The zero-order valence-corrected chi connectivity index (χ0v) is 10.9. The van der Waals surface area contributed by atoms with E-state index >= 15 is 0 Å². The fourth-order valence-corrected chi connectivity index (χ4v) is 1.36. The summed E-state index contributed by atoms with van der Waals surface area (Å²) in [6.07, 6.45) is 0. The molecule has 0 aliphatic heterocycles. The molecule has 0 bridgehead atoms. The summed E-state index contributed by atoms with van der Waals surface area (Å²) in [5, 5.41) is 2.18. The van der Waals surface area contributed by atoms with E-state index < -0.39 is 20.8 Å². The average Bonchev–Trinajstić information content (AvgIpc) is 2.35. The van der Waals surface area contributed by atoms with Crippen LogP contribution in [0.2, 0.25) is 0 Å². The van der Waals surface area contributed by atoms with Gasteiger partial charge in [-0.15, -0.1) is 0 Å². The Morgan fingerprint density at radius 1 is 1.26 bits per heavy atom. The SMILES string of the molecule is COc1ccc(/C(Cl)=N/OS(=O)(=O)C(F)(F)F)cc1. The van der Waals surface area contributed by atoms with Gasteiger partial charge in [0.1, 0.15) is 5.75 Å². The second-order valence-corrected chi connectivity index (χ2v) is 4.96. The van der Waals surface area contributed by atoms with Crippen molar-refractivity contribution in [3.8, 4) is 5.75 Å². The Bertz CT molecular complexity index is 568. The molecule has 1 aromatic rings. The molecule has 0 aliphatic rings. The van der Waals surface area contributed by atoms with E-state index in [9.17, 15) is 21.6 Å². The smallest absolute Gasteiger partial charge is 0.497 e. The van der Waals surface area contributed by atoms with Gasteiger partial charge >= 0.3 is 15.6 Å². The molecule has 1 aromatic carbocycles. The maximum absolute atomic E-state index is 11.9. The van der Waals surface area contributed by atoms with Crippen LogP contribution in [-0.4, -0.2) is 26.2 Å². The molecule has 19 heavy (non-hydrogen) atoms. The number of ether oxygens (including phenoxy) is 1. The molecule has 1 rings (SSSR count). The van der Waals surface area contributed by atoms with Gasteiger partial charge in [0.05, 0.1) is 7.11 Å². The zero-order chi connectivity index (χ0) is 14.7. The molecule has 0 unspecified atom stereocenters. The van der Waals surface area contributed by atoms with Gasteiger partial charge in [0, 0.05) is 5.56 Å². The minimum atomic E-state index is -5.81. The van der Waals surface area contributed by atoms with E-state index in [-0.39, 0.29) is 5.56 Å². The highest BCUT2D eigenvalue weighted by Gasteiger charge is 2.49. The van der Waals surface area contributed by atoms with Crippen molar-refractivity contribution in [1.29, 1.82) is 0 Å². The molecular weight excluding hydrogens is 311 g/mol. The number of rotatable bonds is 4. The first kappa shape index (κ1) is 15.6. The first-order chi connectivity index (χ1) is 8.67. The van der Waals surface area contributed by atoms with Gasteiger partial charge in [-0.25, -0.2) is 0 Å². The molecule has 10 heteroatoms. The van der Waals surface area contributed by atoms with Gasteiger partial charge < -0.3 is 4.74 Å². The molecule has 0 fully saturated rings. The lowest BCUT2D eigenvalue weighted by atomic mass is 10.2. The molecule has 0 atom stereocenters. The maximum Gasteiger partial charge on any atom is 0.536 e. The van der Waals surface area contributed by atoms with Gasteiger partial charge in [0.25, 0.3) is 0 Å². The number of alkyl halides is 3. The lowest BCUT2D eigenvalue weighted by Crippen LogP contribution is -2.24. The van der Waals surface area contributed by atoms with E-state index in [0.717, 1.165) is 0 Å². The molecule has 0 heterocycles. The van der Waals surface area contributed by atoms with Crippen LogP contribution in [0.15, 0.2) is 29.4 Å². The van der Waals surface area contributed by atoms with Crippen LogP contribution in [-0.2, 0) is 14.4 Å². The van der Waals surface area contributed by atoms with E-state index in [2.05, 4.69) is 9.44 Å². The van der Waals surface area contributed by atoms with Crippen molar-refractivity contribution in [3.63, 3.8) is 0 Å². The molecule has 5 nitrogen and oxygen atoms in total. The van der Waals surface area contributed by atoms with E-state index in [1.54, 1.807) is 0 Å². The van der Waals surface area contributed by atoms with E-state index in [4.69, 9.17) is 16.3 Å². The summed E-state index contributed by atoms with van der Waals surface area (Å²) in [5.74, 6) is 0.483. The fourth-order valence-electron chi connectivity index (χ4n) is 0.905. The van der Waals surface area contributed by atoms with Crippen molar-refractivity contribution in [3.05, 3.63) is 29.8 Å². The molecule has 0 spiro atoms. The Labute approximate surface area is 111 Å². The monoisotopic (exact) mass is 317 g/mol. The van der Waals surface area contributed by atoms with Crippen LogP contribution in [0.4, 0.5) is 13.2 Å². The van der Waals surface area contributed by atoms with Crippen LogP contribution in [0.5, 0.6) is 5.75 Å². The number of hydrogen-bond donors (Lipinski definition) is 0. The zero-order valence-electron chi connectivity index (χ0n) is 9.31. The summed E-state index contributed by atoms with van der Waals surface area (Å²) < 4.78 is 65.2. The second kappa shape index (κ2) is 5.66. The predicted octanol–water partition coefficient (Wildman–Crippen LogP) is 2.46.